The number of carbonyl (C=O) groups excluding carboxylic acids is 4. The number of benzene rings is 1. The number of ether oxygens (including phenoxy) is 1. The highest BCUT2D eigenvalue weighted by Gasteiger charge is 2.47. The lowest BCUT2D eigenvalue weighted by molar-refractivity contribution is -0.149. The van der Waals surface area contributed by atoms with Crippen LogP contribution in [-0.2, 0) is 19.1 Å². The van der Waals surface area contributed by atoms with E-state index >= 15 is 0 Å². The molecule has 3 aromatic rings. The molecule has 44 heavy (non-hydrogen) atoms. The number of pyridine rings is 1. The number of ketones is 1. The number of aromatic nitrogens is 3. The fourth-order valence-electron chi connectivity index (χ4n) is 6.40. The zero-order chi connectivity index (χ0) is 30.8. The molecule has 1 aromatic carbocycles. The number of amides is 2. The summed E-state index contributed by atoms with van der Waals surface area (Å²) in [6, 6.07) is 12.4. The monoisotopic (exact) mass is 594 g/mol. The van der Waals surface area contributed by atoms with Crippen molar-refractivity contribution in [3.05, 3.63) is 78.3 Å². The number of methoxy groups -OCH3 is 1. The summed E-state index contributed by atoms with van der Waals surface area (Å²) in [6.45, 7) is 1.64. The molecule has 2 amide bonds. The Bertz CT molecular complexity index is 1640. The lowest BCUT2D eigenvalue weighted by Gasteiger charge is -2.51. The van der Waals surface area contributed by atoms with E-state index in [4.69, 9.17) is 4.74 Å². The summed E-state index contributed by atoms with van der Waals surface area (Å²) in [4.78, 5) is 64.4. The molecule has 2 aromatic heterocycles. The second kappa shape index (κ2) is 12.0. The van der Waals surface area contributed by atoms with Crippen LogP contribution in [0, 0.1) is 17.3 Å². The van der Waals surface area contributed by atoms with Gasteiger partial charge in [-0.2, -0.15) is 0 Å². The van der Waals surface area contributed by atoms with Crippen LogP contribution < -0.4 is 16.0 Å². The molecule has 4 aliphatic rings. The molecule has 11 heteroatoms. The summed E-state index contributed by atoms with van der Waals surface area (Å²) >= 11 is 0. The Balaban J connectivity index is 1.10. The molecule has 4 aliphatic carbocycles. The van der Waals surface area contributed by atoms with Gasteiger partial charge >= 0.3 is 5.97 Å². The Hall–Kier alpha value is -4.93. The molecule has 0 saturated heterocycles. The molecule has 0 radical (unpaired) electrons. The average Bonchev–Trinajstić information content (AvgIpc) is 3.02. The van der Waals surface area contributed by atoms with Crippen molar-refractivity contribution in [2.75, 3.05) is 17.7 Å². The number of fused-ring (bicyclic) bond motifs is 2. The van der Waals surface area contributed by atoms with Crippen LogP contribution in [0.5, 0.6) is 0 Å². The molecule has 3 saturated carbocycles. The van der Waals surface area contributed by atoms with Gasteiger partial charge in [-0.25, -0.2) is 9.97 Å². The van der Waals surface area contributed by atoms with Gasteiger partial charge in [0.15, 0.2) is 5.78 Å². The van der Waals surface area contributed by atoms with Crippen molar-refractivity contribution < 1.29 is 23.9 Å². The molecular formula is C33H34N6O5. The Morgan fingerprint density at radius 3 is 2.57 bits per heavy atom. The maximum atomic E-state index is 13.3. The number of esters is 1. The highest BCUT2D eigenvalue weighted by molar-refractivity contribution is 6.24. The van der Waals surface area contributed by atoms with Crippen LogP contribution >= 0.6 is 0 Å². The van der Waals surface area contributed by atoms with E-state index in [0.29, 0.717) is 29.0 Å². The predicted molar refractivity (Wildman–Crippen MR) is 162 cm³/mol. The zero-order valence-corrected chi connectivity index (χ0v) is 24.6. The lowest BCUT2D eigenvalue weighted by atomic mass is 9.60. The van der Waals surface area contributed by atoms with Crippen molar-refractivity contribution in [2.24, 2.45) is 17.3 Å². The third-order valence-corrected chi connectivity index (χ3v) is 9.01. The standard InChI is InChI=1S/C33H34N6O5/c1-33(31(43)44-2)10-8-28(40)24(17-33)30(42)36-23-7-3-5-19(15-23)29(41)37-26-16-27(22-13-21(26)14-22)39-32-35-12-9-25(38-32)20-6-4-11-34-18-20/h3-7,9,11-12,15,17-18,21-22,26-27H,8,10,13-14,16H2,1-2H3,(H,36,42)(H,37,41)(H,35,38,39)/t21?,22?,26-,27+,33+/m0/s1. The minimum Gasteiger partial charge on any atom is -0.468 e. The van der Waals surface area contributed by atoms with Gasteiger partial charge in [0.1, 0.15) is 0 Å². The number of Topliss-reactive ketones (excluding diaryl/α,β-unsaturated/α-hetero) is 1. The predicted octanol–water partition coefficient (Wildman–Crippen LogP) is 3.95. The summed E-state index contributed by atoms with van der Waals surface area (Å²) in [6.07, 6.45) is 9.70. The lowest BCUT2D eigenvalue weighted by Crippen LogP contribution is -2.57. The summed E-state index contributed by atoms with van der Waals surface area (Å²) in [5.41, 5.74) is 1.32. The Labute approximate surface area is 254 Å². The fraction of sp³-hybridized carbons (Fsp3) is 0.364. The first kappa shape index (κ1) is 29.2. The van der Waals surface area contributed by atoms with Gasteiger partial charge in [0.05, 0.1) is 23.8 Å². The second-order valence-electron chi connectivity index (χ2n) is 12.0. The number of anilines is 2. The number of hydrogen-bond donors (Lipinski definition) is 3. The van der Waals surface area contributed by atoms with Gasteiger partial charge in [0.25, 0.3) is 11.8 Å². The van der Waals surface area contributed by atoms with Crippen molar-refractivity contribution in [1.29, 1.82) is 0 Å². The fourth-order valence-corrected chi connectivity index (χ4v) is 6.40. The van der Waals surface area contributed by atoms with E-state index in [1.54, 1.807) is 49.8 Å². The molecule has 3 fully saturated rings. The van der Waals surface area contributed by atoms with Gasteiger partial charge in [-0.1, -0.05) is 12.1 Å². The molecule has 0 aliphatic heterocycles. The molecule has 2 bridgehead atoms. The molecule has 2 heterocycles. The van der Waals surface area contributed by atoms with E-state index in [1.807, 2.05) is 18.2 Å². The van der Waals surface area contributed by atoms with Crippen molar-refractivity contribution in [3.63, 3.8) is 0 Å². The number of rotatable bonds is 8. The Morgan fingerprint density at radius 1 is 0.977 bits per heavy atom. The highest BCUT2D eigenvalue weighted by atomic mass is 16.5. The highest BCUT2D eigenvalue weighted by Crippen LogP contribution is 2.46. The van der Waals surface area contributed by atoms with Gasteiger partial charge in [-0.3, -0.25) is 24.2 Å². The maximum Gasteiger partial charge on any atom is 0.315 e. The number of nitrogens with one attached hydrogen (secondary N) is 3. The van der Waals surface area contributed by atoms with E-state index < -0.39 is 17.3 Å². The number of carbonyl (C=O) groups is 4. The first-order chi connectivity index (χ1) is 21.2. The minimum atomic E-state index is -1.06. The minimum absolute atomic E-state index is 0.0224. The van der Waals surface area contributed by atoms with Gasteiger partial charge < -0.3 is 20.7 Å². The maximum absolute atomic E-state index is 13.3. The van der Waals surface area contributed by atoms with Crippen LogP contribution in [0.4, 0.5) is 11.6 Å². The molecule has 0 spiro atoms. The first-order valence-electron chi connectivity index (χ1n) is 14.8. The van der Waals surface area contributed by atoms with E-state index in [9.17, 15) is 19.2 Å². The van der Waals surface area contributed by atoms with Crippen LogP contribution in [0.3, 0.4) is 0 Å². The molecular weight excluding hydrogens is 560 g/mol. The quantitative estimate of drug-likeness (QED) is 0.260. The second-order valence-corrected chi connectivity index (χ2v) is 12.0. The van der Waals surface area contributed by atoms with Crippen LogP contribution in [0.2, 0.25) is 0 Å². The summed E-state index contributed by atoms with van der Waals surface area (Å²) in [7, 11) is 1.28. The van der Waals surface area contributed by atoms with Crippen LogP contribution in [0.25, 0.3) is 11.3 Å². The van der Waals surface area contributed by atoms with E-state index in [0.717, 1.165) is 30.5 Å². The van der Waals surface area contributed by atoms with E-state index in [1.165, 1.54) is 13.2 Å². The molecule has 226 valence electrons. The van der Waals surface area contributed by atoms with Crippen molar-refractivity contribution >= 4 is 35.2 Å². The van der Waals surface area contributed by atoms with Gasteiger partial charge in [-0.05, 0) is 80.8 Å². The van der Waals surface area contributed by atoms with E-state index in [-0.39, 0.29) is 42.2 Å². The van der Waals surface area contributed by atoms with E-state index in [2.05, 4.69) is 30.9 Å². The summed E-state index contributed by atoms with van der Waals surface area (Å²) in [5, 5.41) is 9.41. The smallest absolute Gasteiger partial charge is 0.315 e. The number of hydrogen-bond acceptors (Lipinski definition) is 9. The summed E-state index contributed by atoms with van der Waals surface area (Å²) in [5.74, 6) is -0.260. The molecule has 11 nitrogen and oxygen atoms in total. The third kappa shape index (κ3) is 5.95. The van der Waals surface area contributed by atoms with Crippen LogP contribution in [0.15, 0.2) is 72.7 Å². The van der Waals surface area contributed by atoms with Crippen molar-refractivity contribution in [3.8, 4) is 11.3 Å². The SMILES string of the molecule is COC(=O)[C@@]1(C)C=C(C(=O)Nc2cccc(C(=O)N[C@H]3C[C@@H](Nc4nccc(-c5cccnc5)n4)C4CC3C4)c2)C(=O)CC1. The molecule has 7 rings (SSSR count). The third-order valence-electron chi connectivity index (χ3n) is 9.01. The van der Waals surface area contributed by atoms with Gasteiger partial charge in [-0.15, -0.1) is 0 Å². The first-order valence-corrected chi connectivity index (χ1v) is 14.8. The summed E-state index contributed by atoms with van der Waals surface area (Å²) < 4.78 is 4.86. The van der Waals surface area contributed by atoms with Crippen LogP contribution in [0.1, 0.15) is 49.4 Å². The van der Waals surface area contributed by atoms with Crippen molar-refractivity contribution in [2.45, 2.75) is 51.1 Å². The number of nitrogens with zero attached hydrogens (tertiary/aromatic N) is 3. The van der Waals surface area contributed by atoms with Gasteiger partial charge in [0, 0.05) is 53.9 Å². The molecule has 0 unspecified atom stereocenters. The largest absolute Gasteiger partial charge is 0.468 e. The molecule has 3 atom stereocenters. The Morgan fingerprint density at radius 2 is 1.80 bits per heavy atom. The Kier molecular flexibility index (Phi) is 7.94. The topological polar surface area (TPSA) is 152 Å². The van der Waals surface area contributed by atoms with Gasteiger partial charge in [0.2, 0.25) is 5.95 Å². The van der Waals surface area contributed by atoms with Crippen molar-refractivity contribution in [1.82, 2.24) is 20.3 Å². The zero-order valence-electron chi connectivity index (χ0n) is 24.6. The average molecular weight is 595 g/mol. The van der Waals surface area contributed by atoms with Crippen LogP contribution in [-0.4, -0.2) is 57.7 Å². The molecule has 3 N–H and O–H groups in total. The normalized spacial score (nSPS) is 25.6.